The maximum Gasteiger partial charge on any atom is 0.160 e. The highest BCUT2D eigenvalue weighted by Gasteiger charge is 2.25. The van der Waals surface area contributed by atoms with Gasteiger partial charge in [0, 0.05) is 0 Å². The number of hydrogen-bond donors (Lipinski definition) is 1. The number of aromatic hydroxyl groups is 1. The minimum atomic E-state index is 0.228. The summed E-state index contributed by atoms with van der Waals surface area (Å²) in [5, 5.41) is 9.84. The van der Waals surface area contributed by atoms with E-state index in [0.29, 0.717) is 18.3 Å². The molecule has 0 aliphatic carbocycles. The van der Waals surface area contributed by atoms with Crippen LogP contribution in [0.5, 0.6) is 11.5 Å². The monoisotopic (exact) mass is 334 g/mol. The summed E-state index contributed by atoms with van der Waals surface area (Å²) >= 11 is 0. The molecular weight excluding hydrogens is 296 g/mol. The van der Waals surface area contributed by atoms with Crippen molar-refractivity contribution >= 4 is 0 Å². The summed E-state index contributed by atoms with van der Waals surface area (Å²) in [7, 11) is 0. The molecule has 0 aliphatic heterocycles. The van der Waals surface area contributed by atoms with Crippen LogP contribution in [0.3, 0.4) is 0 Å². The molecule has 0 radical (unpaired) electrons. The van der Waals surface area contributed by atoms with Crippen molar-refractivity contribution in [2.75, 3.05) is 6.61 Å². The highest BCUT2D eigenvalue weighted by Crippen LogP contribution is 2.33. The Labute approximate surface area is 149 Å². The van der Waals surface area contributed by atoms with Crippen molar-refractivity contribution < 1.29 is 9.84 Å². The second-order valence-electron chi connectivity index (χ2n) is 8.11. The molecule has 1 unspecified atom stereocenters. The molecule has 0 saturated carbocycles. The summed E-state index contributed by atoms with van der Waals surface area (Å²) in [5.41, 5.74) is 0.228. The number of para-hydroxylation sites is 2. The van der Waals surface area contributed by atoms with Gasteiger partial charge in [-0.05, 0) is 29.9 Å². The Balaban J connectivity index is 2.29. The highest BCUT2D eigenvalue weighted by atomic mass is 16.5. The van der Waals surface area contributed by atoms with Gasteiger partial charge in [0.15, 0.2) is 11.5 Å². The zero-order valence-corrected chi connectivity index (χ0v) is 16.3. The van der Waals surface area contributed by atoms with Gasteiger partial charge >= 0.3 is 0 Å². The van der Waals surface area contributed by atoms with Crippen molar-refractivity contribution in [3.05, 3.63) is 24.3 Å². The first-order chi connectivity index (χ1) is 11.4. The Bertz CT molecular complexity index is 434. The predicted molar refractivity (Wildman–Crippen MR) is 104 cm³/mol. The molecule has 1 rings (SSSR count). The average molecular weight is 335 g/mol. The number of hydrogen-bond acceptors (Lipinski definition) is 2. The lowest BCUT2D eigenvalue weighted by atomic mass is 9.78. The minimum absolute atomic E-state index is 0.228. The molecule has 1 N–H and O–H groups in total. The fraction of sp³-hybridized carbons (Fsp3) is 0.727. The van der Waals surface area contributed by atoms with Crippen LogP contribution in [-0.4, -0.2) is 11.7 Å². The van der Waals surface area contributed by atoms with Crippen molar-refractivity contribution in [2.45, 2.75) is 85.5 Å². The van der Waals surface area contributed by atoms with E-state index in [-0.39, 0.29) is 11.2 Å². The zero-order chi connectivity index (χ0) is 17.8. The van der Waals surface area contributed by atoms with Crippen LogP contribution in [0.15, 0.2) is 24.3 Å². The van der Waals surface area contributed by atoms with Crippen LogP contribution < -0.4 is 4.74 Å². The lowest BCUT2D eigenvalue weighted by molar-refractivity contribution is 0.132. The van der Waals surface area contributed by atoms with Crippen LogP contribution >= 0.6 is 0 Å². The molecule has 24 heavy (non-hydrogen) atoms. The molecule has 0 aromatic heterocycles. The first-order valence-electron chi connectivity index (χ1n) is 9.86. The van der Waals surface area contributed by atoms with E-state index in [1.807, 2.05) is 18.2 Å². The second kappa shape index (κ2) is 11.4. The SMILES string of the molecule is CCCCCCCCCCC(COc1ccccc1O)C(C)(C)C. The molecule has 0 fully saturated rings. The lowest BCUT2D eigenvalue weighted by Gasteiger charge is -2.30. The summed E-state index contributed by atoms with van der Waals surface area (Å²) in [6, 6.07) is 7.25. The van der Waals surface area contributed by atoms with Crippen LogP contribution in [-0.2, 0) is 0 Å². The Morgan fingerprint density at radius 1 is 0.917 bits per heavy atom. The Hall–Kier alpha value is -1.18. The molecule has 138 valence electrons. The number of ether oxygens (including phenoxy) is 1. The van der Waals surface area contributed by atoms with Crippen LogP contribution in [0.2, 0.25) is 0 Å². The van der Waals surface area contributed by atoms with Gasteiger partial charge in [-0.15, -0.1) is 0 Å². The van der Waals surface area contributed by atoms with E-state index in [0.717, 1.165) is 0 Å². The summed E-state index contributed by atoms with van der Waals surface area (Å²) in [5.74, 6) is 1.34. The fourth-order valence-electron chi connectivity index (χ4n) is 3.06. The quantitative estimate of drug-likeness (QED) is 0.418. The summed E-state index contributed by atoms with van der Waals surface area (Å²) < 4.78 is 5.90. The van der Waals surface area contributed by atoms with Crippen molar-refractivity contribution in [3.63, 3.8) is 0 Å². The predicted octanol–water partition coefficient (Wildman–Crippen LogP) is 6.96. The Kier molecular flexibility index (Phi) is 9.90. The summed E-state index contributed by atoms with van der Waals surface area (Å²) in [6.07, 6.45) is 12.1. The van der Waals surface area contributed by atoms with Crippen molar-refractivity contribution in [3.8, 4) is 11.5 Å². The molecule has 1 aromatic rings. The van der Waals surface area contributed by atoms with Crippen molar-refractivity contribution in [1.82, 2.24) is 0 Å². The normalized spacial score (nSPS) is 13.0. The van der Waals surface area contributed by atoms with Gasteiger partial charge in [0.1, 0.15) is 0 Å². The molecule has 2 nitrogen and oxygen atoms in total. The van der Waals surface area contributed by atoms with Gasteiger partial charge in [-0.25, -0.2) is 0 Å². The van der Waals surface area contributed by atoms with Crippen LogP contribution in [0.1, 0.15) is 85.5 Å². The number of rotatable bonds is 12. The van der Waals surface area contributed by atoms with Crippen LogP contribution in [0.25, 0.3) is 0 Å². The zero-order valence-electron chi connectivity index (χ0n) is 16.3. The summed E-state index contributed by atoms with van der Waals surface area (Å²) in [6.45, 7) is 9.81. The number of phenolic OH excluding ortho intramolecular Hbond substituents is 1. The van der Waals surface area contributed by atoms with E-state index < -0.39 is 0 Å². The van der Waals surface area contributed by atoms with Crippen molar-refractivity contribution in [2.24, 2.45) is 11.3 Å². The highest BCUT2D eigenvalue weighted by molar-refractivity contribution is 5.37. The Morgan fingerprint density at radius 3 is 2.08 bits per heavy atom. The lowest BCUT2D eigenvalue weighted by Crippen LogP contribution is -2.26. The first-order valence-corrected chi connectivity index (χ1v) is 9.86. The second-order valence-corrected chi connectivity index (χ2v) is 8.11. The molecule has 0 aliphatic rings. The molecule has 1 atom stereocenters. The minimum Gasteiger partial charge on any atom is -0.504 e. The van der Waals surface area contributed by atoms with Gasteiger partial charge in [-0.2, -0.15) is 0 Å². The molecule has 0 amide bonds. The molecule has 0 bridgehead atoms. The third-order valence-corrected chi connectivity index (χ3v) is 4.94. The molecule has 1 aromatic carbocycles. The largest absolute Gasteiger partial charge is 0.504 e. The molecular formula is C22H38O2. The van der Waals surface area contributed by atoms with Gasteiger partial charge in [-0.3, -0.25) is 0 Å². The number of benzene rings is 1. The first kappa shape index (κ1) is 20.9. The fourth-order valence-corrected chi connectivity index (χ4v) is 3.06. The number of unbranched alkanes of at least 4 members (excludes halogenated alkanes) is 7. The maximum atomic E-state index is 9.84. The van der Waals surface area contributed by atoms with Gasteiger partial charge < -0.3 is 9.84 Å². The van der Waals surface area contributed by atoms with Gasteiger partial charge in [0.25, 0.3) is 0 Å². The van der Waals surface area contributed by atoms with Gasteiger partial charge in [-0.1, -0.05) is 91.2 Å². The Morgan fingerprint density at radius 2 is 1.50 bits per heavy atom. The van der Waals surface area contributed by atoms with Crippen molar-refractivity contribution in [1.29, 1.82) is 0 Å². The molecule has 0 heterocycles. The van der Waals surface area contributed by atoms with E-state index in [2.05, 4.69) is 27.7 Å². The van der Waals surface area contributed by atoms with E-state index in [1.165, 1.54) is 57.8 Å². The number of phenols is 1. The molecule has 2 heteroatoms. The van der Waals surface area contributed by atoms with Crippen LogP contribution in [0, 0.1) is 11.3 Å². The van der Waals surface area contributed by atoms with E-state index in [4.69, 9.17) is 4.74 Å². The maximum absolute atomic E-state index is 9.84. The molecule has 0 spiro atoms. The standard InChI is InChI=1S/C22H38O2/c1-5-6-7-8-9-10-11-12-15-19(22(2,3)4)18-24-21-17-14-13-16-20(21)23/h13-14,16-17,19,23H,5-12,15,18H2,1-4H3. The van der Waals surface area contributed by atoms with Gasteiger partial charge in [0.05, 0.1) is 6.61 Å². The van der Waals surface area contributed by atoms with E-state index in [1.54, 1.807) is 6.07 Å². The van der Waals surface area contributed by atoms with E-state index >= 15 is 0 Å². The third-order valence-electron chi connectivity index (χ3n) is 4.94. The molecule has 0 saturated heterocycles. The van der Waals surface area contributed by atoms with Gasteiger partial charge in [0.2, 0.25) is 0 Å². The third kappa shape index (κ3) is 8.61. The van der Waals surface area contributed by atoms with E-state index in [9.17, 15) is 5.11 Å². The van der Waals surface area contributed by atoms with Crippen LogP contribution in [0.4, 0.5) is 0 Å². The average Bonchev–Trinajstić information content (AvgIpc) is 2.53. The summed E-state index contributed by atoms with van der Waals surface area (Å²) in [4.78, 5) is 0. The smallest absolute Gasteiger partial charge is 0.160 e. The topological polar surface area (TPSA) is 29.5 Å².